The molecule has 1 amide bonds. The van der Waals surface area contributed by atoms with E-state index in [4.69, 9.17) is 4.74 Å². The minimum absolute atomic E-state index is 0.0331. The molecule has 2 aliphatic heterocycles. The normalized spacial score (nSPS) is 17.8. The first-order chi connectivity index (χ1) is 14.2. The van der Waals surface area contributed by atoms with Crippen LogP contribution in [0.2, 0.25) is 0 Å². The highest BCUT2D eigenvalue weighted by atomic mass is 16.5. The smallest absolute Gasteiger partial charge is 0.274 e. The van der Waals surface area contributed by atoms with Gasteiger partial charge in [0.2, 0.25) is 0 Å². The number of amides is 1. The molecule has 3 heterocycles. The predicted octanol–water partition coefficient (Wildman–Crippen LogP) is 2.83. The average molecular weight is 396 g/mol. The second kappa shape index (κ2) is 9.11. The molecule has 0 unspecified atom stereocenters. The molecule has 29 heavy (non-hydrogen) atoms. The second-order valence-electron chi connectivity index (χ2n) is 7.64. The van der Waals surface area contributed by atoms with E-state index in [1.807, 2.05) is 17.0 Å². The Labute approximate surface area is 172 Å². The summed E-state index contributed by atoms with van der Waals surface area (Å²) in [5.41, 5.74) is 1.58. The largest absolute Gasteiger partial charge is 0.497 e. The minimum atomic E-state index is -0.0331. The van der Waals surface area contributed by atoms with E-state index in [2.05, 4.69) is 31.9 Å². The standard InChI is InChI=1S/C22H29N5O2/c1-29-19-8-6-18(7-9-19)25-12-14-27(15-13-25)22(28)20-16-24-21(17-23-20)26-10-4-2-3-5-11-26/h6-9,16-17H,2-5,10-15H2,1H3. The lowest BCUT2D eigenvalue weighted by atomic mass is 10.2. The van der Waals surface area contributed by atoms with E-state index < -0.39 is 0 Å². The quantitative estimate of drug-likeness (QED) is 0.793. The van der Waals surface area contributed by atoms with Crippen molar-refractivity contribution in [2.75, 3.05) is 56.2 Å². The van der Waals surface area contributed by atoms with Crippen LogP contribution >= 0.6 is 0 Å². The van der Waals surface area contributed by atoms with Crippen molar-refractivity contribution in [2.24, 2.45) is 0 Å². The lowest BCUT2D eigenvalue weighted by molar-refractivity contribution is 0.0740. The average Bonchev–Trinajstić information content (AvgIpc) is 3.09. The third kappa shape index (κ3) is 4.60. The molecule has 2 aliphatic rings. The van der Waals surface area contributed by atoms with Gasteiger partial charge in [-0.05, 0) is 37.1 Å². The zero-order chi connectivity index (χ0) is 20.1. The van der Waals surface area contributed by atoms with E-state index in [1.54, 1.807) is 19.5 Å². The summed E-state index contributed by atoms with van der Waals surface area (Å²) in [4.78, 5) is 28.2. The van der Waals surface area contributed by atoms with E-state index in [1.165, 1.54) is 25.7 Å². The van der Waals surface area contributed by atoms with Crippen LogP contribution < -0.4 is 14.5 Å². The molecule has 0 radical (unpaired) electrons. The number of rotatable bonds is 4. The lowest BCUT2D eigenvalue weighted by Crippen LogP contribution is -2.49. The zero-order valence-electron chi connectivity index (χ0n) is 17.1. The van der Waals surface area contributed by atoms with Gasteiger partial charge in [-0.2, -0.15) is 0 Å². The van der Waals surface area contributed by atoms with Crippen molar-refractivity contribution in [1.29, 1.82) is 0 Å². The van der Waals surface area contributed by atoms with Gasteiger partial charge in [0.15, 0.2) is 0 Å². The summed E-state index contributed by atoms with van der Waals surface area (Å²) in [6, 6.07) is 8.05. The number of hydrogen-bond donors (Lipinski definition) is 0. The summed E-state index contributed by atoms with van der Waals surface area (Å²) in [5.74, 6) is 1.70. The molecule has 7 heteroatoms. The Hall–Kier alpha value is -2.83. The fourth-order valence-corrected chi connectivity index (χ4v) is 4.02. The van der Waals surface area contributed by atoms with E-state index in [-0.39, 0.29) is 5.91 Å². The number of ether oxygens (including phenoxy) is 1. The number of methoxy groups -OCH3 is 1. The maximum absolute atomic E-state index is 12.8. The van der Waals surface area contributed by atoms with Crippen molar-refractivity contribution in [3.05, 3.63) is 42.4 Å². The van der Waals surface area contributed by atoms with Crippen molar-refractivity contribution >= 4 is 17.4 Å². The molecule has 0 spiro atoms. The number of benzene rings is 1. The van der Waals surface area contributed by atoms with Crippen LogP contribution in [-0.4, -0.2) is 67.2 Å². The molecule has 2 saturated heterocycles. The highest BCUT2D eigenvalue weighted by Gasteiger charge is 2.24. The maximum atomic E-state index is 12.8. The van der Waals surface area contributed by atoms with Crippen molar-refractivity contribution in [3.8, 4) is 5.75 Å². The van der Waals surface area contributed by atoms with Crippen LogP contribution in [0.15, 0.2) is 36.7 Å². The molecule has 0 aliphatic carbocycles. The first-order valence-corrected chi connectivity index (χ1v) is 10.5. The zero-order valence-corrected chi connectivity index (χ0v) is 17.1. The molecule has 0 bridgehead atoms. The highest BCUT2D eigenvalue weighted by molar-refractivity contribution is 5.92. The topological polar surface area (TPSA) is 61.8 Å². The van der Waals surface area contributed by atoms with Crippen LogP contribution in [0, 0.1) is 0 Å². The molecule has 0 N–H and O–H groups in total. The summed E-state index contributed by atoms with van der Waals surface area (Å²) >= 11 is 0. The Balaban J connectivity index is 1.34. The molecule has 2 fully saturated rings. The van der Waals surface area contributed by atoms with Crippen molar-refractivity contribution in [2.45, 2.75) is 25.7 Å². The number of carbonyl (C=O) groups excluding carboxylic acids is 1. The Morgan fingerprint density at radius 2 is 1.52 bits per heavy atom. The first-order valence-electron chi connectivity index (χ1n) is 10.5. The Morgan fingerprint density at radius 1 is 0.828 bits per heavy atom. The van der Waals surface area contributed by atoms with Crippen molar-refractivity contribution in [1.82, 2.24) is 14.9 Å². The monoisotopic (exact) mass is 395 g/mol. The van der Waals surface area contributed by atoms with Crippen LogP contribution in [-0.2, 0) is 0 Å². The molecule has 154 valence electrons. The number of hydrogen-bond acceptors (Lipinski definition) is 6. The van der Waals surface area contributed by atoms with Gasteiger partial charge < -0.3 is 19.4 Å². The van der Waals surface area contributed by atoms with Crippen LogP contribution in [0.1, 0.15) is 36.2 Å². The summed E-state index contributed by atoms with van der Waals surface area (Å²) in [5, 5.41) is 0. The molecular weight excluding hydrogens is 366 g/mol. The predicted molar refractivity (Wildman–Crippen MR) is 114 cm³/mol. The lowest BCUT2D eigenvalue weighted by Gasteiger charge is -2.36. The van der Waals surface area contributed by atoms with Crippen molar-refractivity contribution in [3.63, 3.8) is 0 Å². The number of anilines is 2. The van der Waals surface area contributed by atoms with Crippen LogP contribution in [0.5, 0.6) is 5.75 Å². The van der Waals surface area contributed by atoms with Gasteiger partial charge in [-0.3, -0.25) is 4.79 Å². The third-order valence-corrected chi connectivity index (χ3v) is 5.79. The molecule has 0 atom stereocenters. The summed E-state index contributed by atoms with van der Waals surface area (Å²) in [7, 11) is 1.67. The SMILES string of the molecule is COc1ccc(N2CCN(C(=O)c3cnc(N4CCCCCC4)cn3)CC2)cc1. The summed E-state index contributed by atoms with van der Waals surface area (Å²) in [6.45, 7) is 5.01. The van der Waals surface area contributed by atoms with Gasteiger partial charge in [-0.25, -0.2) is 9.97 Å². The Morgan fingerprint density at radius 3 is 2.10 bits per heavy atom. The Kier molecular flexibility index (Phi) is 6.12. The number of piperazine rings is 1. The maximum Gasteiger partial charge on any atom is 0.274 e. The molecular formula is C22H29N5O2. The van der Waals surface area contributed by atoms with Gasteiger partial charge in [0, 0.05) is 45.0 Å². The van der Waals surface area contributed by atoms with E-state index in [0.29, 0.717) is 18.8 Å². The van der Waals surface area contributed by atoms with Gasteiger partial charge in [0.05, 0.1) is 19.5 Å². The highest BCUT2D eigenvalue weighted by Crippen LogP contribution is 2.21. The van der Waals surface area contributed by atoms with Crippen LogP contribution in [0.25, 0.3) is 0 Å². The van der Waals surface area contributed by atoms with E-state index in [0.717, 1.165) is 43.4 Å². The fraction of sp³-hybridized carbons (Fsp3) is 0.500. The molecule has 0 saturated carbocycles. The summed E-state index contributed by atoms with van der Waals surface area (Å²) in [6.07, 6.45) is 8.35. The Bertz CT molecular complexity index is 793. The van der Waals surface area contributed by atoms with E-state index in [9.17, 15) is 4.79 Å². The molecule has 1 aromatic carbocycles. The van der Waals surface area contributed by atoms with Gasteiger partial charge in [0.1, 0.15) is 17.3 Å². The number of aromatic nitrogens is 2. The van der Waals surface area contributed by atoms with Gasteiger partial charge >= 0.3 is 0 Å². The van der Waals surface area contributed by atoms with Crippen molar-refractivity contribution < 1.29 is 9.53 Å². The van der Waals surface area contributed by atoms with Gasteiger partial charge in [-0.1, -0.05) is 12.8 Å². The van der Waals surface area contributed by atoms with Gasteiger partial charge in [0.25, 0.3) is 5.91 Å². The third-order valence-electron chi connectivity index (χ3n) is 5.79. The number of nitrogens with zero attached hydrogens (tertiary/aromatic N) is 5. The molecule has 4 rings (SSSR count). The van der Waals surface area contributed by atoms with E-state index >= 15 is 0 Å². The fourth-order valence-electron chi connectivity index (χ4n) is 4.02. The number of carbonyl (C=O) groups is 1. The molecule has 1 aromatic heterocycles. The molecule has 7 nitrogen and oxygen atoms in total. The van der Waals surface area contributed by atoms with Gasteiger partial charge in [-0.15, -0.1) is 0 Å². The first kappa shape index (κ1) is 19.5. The van der Waals surface area contributed by atoms with Crippen LogP contribution in [0.4, 0.5) is 11.5 Å². The summed E-state index contributed by atoms with van der Waals surface area (Å²) < 4.78 is 5.22. The molecule has 2 aromatic rings. The second-order valence-corrected chi connectivity index (χ2v) is 7.64. The van der Waals surface area contributed by atoms with Crippen LogP contribution in [0.3, 0.4) is 0 Å². The minimum Gasteiger partial charge on any atom is -0.497 e.